The molecule has 138 valence electrons. The minimum atomic E-state index is -0.532. The van der Waals surface area contributed by atoms with Gasteiger partial charge in [-0.05, 0) is 30.5 Å². The zero-order valence-corrected chi connectivity index (χ0v) is 16.1. The maximum absolute atomic E-state index is 12.6. The number of hydrogen-bond donors (Lipinski definition) is 3. The molecule has 4 N–H and O–H groups in total. The predicted molar refractivity (Wildman–Crippen MR) is 105 cm³/mol. The molecule has 0 saturated carbocycles. The van der Waals surface area contributed by atoms with Gasteiger partial charge in [-0.2, -0.15) is 0 Å². The highest BCUT2D eigenvalue weighted by Gasteiger charge is 2.30. The molecule has 1 fully saturated rings. The lowest BCUT2D eigenvalue weighted by Crippen LogP contribution is -3.19. The number of hydrogen-bond acceptors (Lipinski definition) is 4. The van der Waals surface area contributed by atoms with Crippen LogP contribution >= 0.6 is 22.9 Å². The number of nitrogens with zero attached hydrogens (tertiary/aromatic N) is 1. The molecule has 1 aromatic carbocycles. The van der Waals surface area contributed by atoms with E-state index in [1.54, 1.807) is 11.4 Å². The monoisotopic (exact) mass is 393 g/mol. The molecule has 0 aliphatic carbocycles. The van der Waals surface area contributed by atoms with Gasteiger partial charge < -0.3 is 20.9 Å². The first-order chi connectivity index (χ1) is 12.5. The van der Waals surface area contributed by atoms with E-state index in [1.165, 1.54) is 16.2 Å². The largest absolute Gasteiger partial charge is 0.366 e. The number of halogens is 1. The molecule has 0 radical (unpaired) electrons. The first-order valence-corrected chi connectivity index (χ1v) is 9.75. The second-order valence-corrected chi connectivity index (χ2v) is 7.66. The number of nitrogens with two attached hydrogens (primary N) is 1. The van der Waals surface area contributed by atoms with Crippen LogP contribution in [-0.2, 0) is 4.79 Å². The first kappa shape index (κ1) is 18.7. The van der Waals surface area contributed by atoms with Crippen molar-refractivity contribution in [2.45, 2.75) is 13.0 Å². The molecule has 0 unspecified atom stereocenters. The summed E-state index contributed by atoms with van der Waals surface area (Å²) in [5.74, 6) is -0.633. The van der Waals surface area contributed by atoms with E-state index in [0.29, 0.717) is 10.6 Å². The van der Waals surface area contributed by atoms with E-state index in [0.717, 1.165) is 36.9 Å². The molecule has 2 aromatic rings. The number of carbonyl (C=O) groups is 2. The Bertz CT molecular complexity index is 802. The number of carbonyl (C=O) groups excluding carboxylic acids is 2. The van der Waals surface area contributed by atoms with Gasteiger partial charge in [0.1, 0.15) is 5.00 Å². The van der Waals surface area contributed by atoms with Crippen LogP contribution in [0.4, 0.5) is 10.7 Å². The molecule has 1 saturated heterocycles. The summed E-state index contributed by atoms with van der Waals surface area (Å²) in [4.78, 5) is 27.4. The summed E-state index contributed by atoms with van der Waals surface area (Å²) >= 11 is 7.58. The minimum Gasteiger partial charge on any atom is -0.366 e. The van der Waals surface area contributed by atoms with Gasteiger partial charge in [-0.15, -0.1) is 11.3 Å². The van der Waals surface area contributed by atoms with Crippen LogP contribution in [0.1, 0.15) is 17.3 Å². The molecule has 6 nitrogen and oxygen atoms in total. The summed E-state index contributed by atoms with van der Waals surface area (Å²) in [7, 11) is 0. The van der Waals surface area contributed by atoms with Crippen molar-refractivity contribution in [3.05, 3.63) is 46.3 Å². The lowest BCUT2D eigenvalue weighted by atomic mass is 10.2. The van der Waals surface area contributed by atoms with Crippen LogP contribution in [0.5, 0.6) is 0 Å². The zero-order chi connectivity index (χ0) is 18.7. The lowest BCUT2D eigenvalue weighted by Gasteiger charge is -2.36. The van der Waals surface area contributed by atoms with Gasteiger partial charge in [-0.25, -0.2) is 0 Å². The third-order valence-corrected chi connectivity index (χ3v) is 5.92. The Kier molecular flexibility index (Phi) is 5.80. The van der Waals surface area contributed by atoms with E-state index in [1.807, 2.05) is 31.2 Å². The van der Waals surface area contributed by atoms with Crippen molar-refractivity contribution in [1.29, 1.82) is 0 Å². The number of piperazine rings is 1. The fourth-order valence-corrected chi connectivity index (χ4v) is 4.23. The predicted octanol–water partition coefficient (Wildman–Crippen LogP) is 1.23. The number of rotatable bonds is 5. The number of para-hydroxylation sites is 1. The molecule has 3 rings (SSSR count). The Morgan fingerprint density at radius 2 is 1.96 bits per heavy atom. The van der Waals surface area contributed by atoms with Crippen LogP contribution < -0.4 is 20.9 Å². The Balaban J connectivity index is 1.58. The Labute approximate surface area is 161 Å². The number of amides is 2. The fourth-order valence-electron chi connectivity index (χ4n) is 3.18. The molecule has 0 spiro atoms. The molecule has 26 heavy (non-hydrogen) atoms. The van der Waals surface area contributed by atoms with E-state index in [9.17, 15) is 9.59 Å². The van der Waals surface area contributed by atoms with Gasteiger partial charge in [-0.3, -0.25) is 9.59 Å². The Morgan fingerprint density at radius 1 is 1.27 bits per heavy atom. The molecule has 1 aliphatic rings. The summed E-state index contributed by atoms with van der Waals surface area (Å²) in [5, 5.41) is 5.86. The molecule has 2 heterocycles. The van der Waals surface area contributed by atoms with Crippen molar-refractivity contribution < 1.29 is 14.5 Å². The molecule has 1 atom stereocenters. The smallest absolute Gasteiger partial charge is 0.282 e. The van der Waals surface area contributed by atoms with Gasteiger partial charge in [0.15, 0.2) is 6.04 Å². The highest BCUT2D eigenvalue weighted by atomic mass is 35.5. The van der Waals surface area contributed by atoms with Gasteiger partial charge in [0.2, 0.25) is 0 Å². The number of primary amides is 1. The quantitative estimate of drug-likeness (QED) is 0.714. The molecular formula is C18H22ClN4O2S+. The van der Waals surface area contributed by atoms with Crippen LogP contribution in [0, 0.1) is 0 Å². The summed E-state index contributed by atoms with van der Waals surface area (Å²) in [5.41, 5.74) is 6.72. The van der Waals surface area contributed by atoms with E-state index >= 15 is 0 Å². The summed E-state index contributed by atoms with van der Waals surface area (Å²) in [6.45, 7) is 5.26. The highest BCUT2D eigenvalue weighted by Crippen LogP contribution is 2.25. The maximum Gasteiger partial charge on any atom is 0.282 e. The highest BCUT2D eigenvalue weighted by molar-refractivity contribution is 7.14. The number of nitrogens with one attached hydrogen (secondary N) is 2. The van der Waals surface area contributed by atoms with Gasteiger partial charge >= 0.3 is 0 Å². The van der Waals surface area contributed by atoms with E-state index in [-0.39, 0.29) is 11.9 Å². The zero-order valence-electron chi connectivity index (χ0n) is 14.5. The van der Waals surface area contributed by atoms with Crippen molar-refractivity contribution in [3.63, 3.8) is 0 Å². The van der Waals surface area contributed by atoms with E-state index < -0.39 is 5.91 Å². The SMILES string of the molecule is C[C@H](C(=O)Nc1sccc1C(N)=O)[NH+]1CCN(c2ccccc2Cl)CC1. The molecule has 1 aromatic heterocycles. The van der Waals surface area contributed by atoms with Crippen LogP contribution in [0.3, 0.4) is 0 Å². The molecule has 1 aliphatic heterocycles. The Morgan fingerprint density at radius 3 is 2.62 bits per heavy atom. The first-order valence-electron chi connectivity index (χ1n) is 8.49. The van der Waals surface area contributed by atoms with Crippen LogP contribution in [0.2, 0.25) is 5.02 Å². The fraction of sp³-hybridized carbons (Fsp3) is 0.333. The van der Waals surface area contributed by atoms with Crippen molar-refractivity contribution >= 4 is 45.4 Å². The normalized spacial score (nSPS) is 16.3. The van der Waals surface area contributed by atoms with Gasteiger partial charge in [0.25, 0.3) is 11.8 Å². The topological polar surface area (TPSA) is 79.9 Å². The molecule has 8 heteroatoms. The molecule has 0 bridgehead atoms. The standard InChI is InChI=1S/C18H21ClN4O2S/c1-12(17(25)21-18-13(16(20)24)6-11-26-18)22-7-9-23(10-8-22)15-5-3-2-4-14(15)19/h2-6,11-12H,7-10H2,1H3,(H2,20,24)(H,21,25)/p+1/t12-/m1/s1. The van der Waals surface area contributed by atoms with Crippen molar-refractivity contribution in [2.24, 2.45) is 5.73 Å². The second-order valence-electron chi connectivity index (χ2n) is 6.34. The number of thiophene rings is 1. The van der Waals surface area contributed by atoms with Gasteiger partial charge in [0.05, 0.1) is 42.5 Å². The second kappa shape index (κ2) is 8.07. The van der Waals surface area contributed by atoms with E-state index in [4.69, 9.17) is 17.3 Å². The van der Waals surface area contributed by atoms with Crippen LogP contribution in [0.25, 0.3) is 0 Å². The van der Waals surface area contributed by atoms with Crippen molar-refractivity contribution in [3.8, 4) is 0 Å². The third kappa shape index (κ3) is 4.00. The van der Waals surface area contributed by atoms with Crippen LogP contribution in [-0.4, -0.2) is 44.0 Å². The number of quaternary nitrogens is 1. The minimum absolute atomic E-state index is 0.101. The molecule has 2 amide bonds. The van der Waals surface area contributed by atoms with E-state index in [2.05, 4.69) is 10.2 Å². The van der Waals surface area contributed by atoms with Gasteiger partial charge in [-0.1, -0.05) is 23.7 Å². The van der Waals surface area contributed by atoms with Crippen molar-refractivity contribution in [2.75, 3.05) is 36.4 Å². The average Bonchev–Trinajstić information content (AvgIpc) is 3.10. The average molecular weight is 394 g/mol. The Hall–Kier alpha value is -2.09. The lowest BCUT2D eigenvalue weighted by molar-refractivity contribution is -0.914. The van der Waals surface area contributed by atoms with Crippen molar-refractivity contribution in [1.82, 2.24) is 0 Å². The summed E-state index contributed by atoms with van der Waals surface area (Å²) < 4.78 is 0. The molecular weight excluding hydrogens is 372 g/mol. The van der Waals surface area contributed by atoms with Gasteiger partial charge in [0, 0.05) is 0 Å². The summed E-state index contributed by atoms with van der Waals surface area (Å²) in [6.07, 6.45) is 0. The van der Waals surface area contributed by atoms with Crippen LogP contribution in [0.15, 0.2) is 35.7 Å². The maximum atomic E-state index is 12.6. The number of anilines is 2. The summed E-state index contributed by atoms with van der Waals surface area (Å²) in [6, 6.07) is 9.22. The number of benzene rings is 1. The third-order valence-electron chi connectivity index (χ3n) is 4.77.